The van der Waals surface area contributed by atoms with Crippen molar-refractivity contribution in [1.29, 1.82) is 0 Å². The molecule has 0 saturated heterocycles. The molecule has 1 aliphatic carbocycles. The second-order valence-electron chi connectivity index (χ2n) is 5.36. The first kappa shape index (κ1) is 14.0. The normalized spacial score (nSPS) is 16.3. The maximum atomic E-state index is 3.58. The molecule has 0 heterocycles. The van der Waals surface area contributed by atoms with E-state index in [2.05, 4.69) is 31.0 Å². The van der Waals surface area contributed by atoms with Gasteiger partial charge in [-0.1, -0.05) is 19.8 Å². The minimum absolute atomic E-state index is 0.710. The maximum absolute atomic E-state index is 3.58. The minimum atomic E-state index is 0.710. The summed E-state index contributed by atoms with van der Waals surface area (Å²) in [7, 11) is 0. The summed E-state index contributed by atoms with van der Waals surface area (Å²) in [5.74, 6) is 0. The van der Waals surface area contributed by atoms with Crippen LogP contribution in [0.1, 0.15) is 59.3 Å². The van der Waals surface area contributed by atoms with E-state index in [1.54, 1.807) is 0 Å². The molecule has 0 aliphatic heterocycles. The Morgan fingerprint density at radius 2 is 1.81 bits per heavy atom. The highest BCUT2D eigenvalue weighted by molar-refractivity contribution is 4.80. The fraction of sp³-hybridized carbons (Fsp3) is 1.00. The molecule has 0 aromatic carbocycles. The van der Waals surface area contributed by atoms with Gasteiger partial charge < -0.3 is 10.2 Å². The van der Waals surface area contributed by atoms with Crippen LogP contribution in [0.5, 0.6) is 0 Å². The number of nitrogens with zero attached hydrogens (tertiary/aromatic N) is 1. The second-order valence-corrected chi connectivity index (χ2v) is 5.36. The molecule has 0 unspecified atom stereocenters. The quantitative estimate of drug-likeness (QED) is 0.576. The predicted octanol–water partition coefficient (Wildman–Crippen LogP) is 3.03. The fourth-order valence-corrected chi connectivity index (χ4v) is 2.17. The summed E-state index contributed by atoms with van der Waals surface area (Å²) < 4.78 is 0. The highest BCUT2D eigenvalue weighted by Crippen LogP contribution is 2.18. The van der Waals surface area contributed by atoms with Gasteiger partial charge in [0.1, 0.15) is 0 Å². The lowest BCUT2D eigenvalue weighted by Crippen LogP contribution is -2.31. The topological polar surface area (TPSA) is 15.3 Å². The van der Waals surface area contributed by atoms with Gasteiger partial charge in [0, 0.05) is 12.1 Å². The van der Waals surface area contributed by atoms with Gasteiger partial charge in [0.2, 0.25) is 0 Å². The molecule has 2 nitrogen and oxygen atoms in total. The zero-order valence-corrected chi connectivity index (χ0v) is 11.5. The Bertz CT molecular complexity index is 164. The van der Waals surface area contributed by atoms with Crippen molar-refractivity contribution in [2.75, 3.05) is 19.6 Å². The Kier molecular flexibility index (Phi) is 7.06. The summed E-state index contributed by atoms with van der Waals surface area (Å²) >= 11 is 0. The average Bonchev–Trinajstić information content (AvgIpc) is 3.05. The van der Waals surface area contributed by atoms with Gasteiger partial charge in [0.15, 0.2) is 0 Å². The van der Waals surface area contributed by atoms with Crippen LogP contribution in [0.15, 0.2) is 0 Å². The molecule has 0 bridgehead atoms. The molecule has 96 valence electrons. The number of hydrogen-bond acceptors (Lipinski definition) is 2. The molecule has 1 fully saturated rings. The van der Waals surface area contributed by atoms with E-state index in [9.17, 15) is 0 Å². The Balaban J connectivity index is 1.82. The summed E-state index contributed by atoms with van der Waals surface area (Å²) in [4.78, 5) is 2.56. The minimum Gasteiger partial charge on any atom is -0.314 e. The highest BCUT2D eigenvalue weighted by atomic mass is 15.1. The van der Waals surface area contributed by atoms with Crippen LogP contribution in [0.2, 0.25) is 0 Å². The molecule has 0 radical (unpaired) electrons. The smallest absolute Gasteiger partial charge is 0.00682 e. The van der Waals surface area contributed by atoms with Crippen LogP contribution in [0.25, 0.3) is 0 Å². The van der Waals surface area contributed by atoms with E-state index in [1.165, 1.54) is 58.2 Å². The van der Waals surface area contributed by atoms with Crippen LogP contribution < -0.4 is 5.32 Å². The Labute approximate surface area is 102 Å². The van der Waals surface area contributed by atoms with Crippen molar-refractivity contribution in [2.45, 2.75) is 71.4 Å². The van der Waals surface area contributed by atoms with Crippen LogP contribution >= 0.6 is 0 Å². The Hall–Kier alpha value is -0.0800. The Morgan fingerprint density at radius 1 is 1.12 bits per heavy atom. The van der Waals surface area contributed by atoms with Crippen molar-refractivity contribution < 1.29 is 0 Å². The molecule has 0 aromatic heterocycles. The summed E-state index contributed by atoms with van der Waals surface area (Å²) in [6, 6.07) is 1.60. The zero-order chi connectivity index (χ0) is 11.8. The lowest BCUT2D eigenvalue weighted by Gasteiger charge is -2.24. The largest absolute Gasteiger partial charge is 0.314 e. The van der Waals surface area contributed by atoms with Gasteiger partial charge in [-0.3, -0.25) is 0 Å². The van der Waals surface area contributed by atoms with Gasteiger partial charge in [-0.15, -0.1) is 0 Å². The van der Waals surface area contributed by atoms with Gasteiger partial charge in [-0.2, -0.15) is 0 Å². The van der Waals surface area contributed by atoms with E-state index in [1.807, 2.05) is 0 Å². The molecular formula is C14H30N2. The van der Waals surface area contributed by atoms with Crippen LogP contribution in [0.3, 0.4) is 0 Å². The first-order valence-corrected chi connectivity index (χ1v) is 7.21. The molecule has 1 aliphatic rings. The lowest BCUT2D eigenvalue weighted by molar-refractivity contribution is 0.228. The van der Waals surface area contributed by atoms with Crippen molar-refractivity contribution >= 4 is 0 Å². The van der Waals surface area contributed by atoms with Gasteiger partial charge in [0.25, 0.3) is 0 Å². The van der Waals surface area contributed by atoms with Crippen molar-refractivity contribution in [3.05, 3.63) is 0 Å². The van der Waals surface area contributed by atoms with Crippen molar-refractivity contribution in [1.82, 2.24) is 10.2 Å². The van der Waals surface area contributed by atoms with Crippen LogP contribution in [0, 0.1) is 0 Å². The molecule has 0 spiro atoms. The zero-order valence-electron chi connectivity index (χ0n) is 11.5. The summed E-state index contributed by atoms with van der Waals surface area (Å²) in [5.41, 5.74) is 0. The standard InChI is InChI=1S/C14H30N2/c1-4-16(13(2)3)12-8-6-5-7-11-15-14-9-10-14/h13-15H,4-12H2,1-3H3. The van der Waals surface area contributed by atoms with E-state index >= 15 is 0 Å². The molecule has 0 aromatic rings. The van der Waals surface area contributed by atoms with E-state index in [0.29, 0.717) is 6.04 Å². The van der Waals surface area contributed by atoms with Crippen LogP contribution in [-0.4, -0.2) is 36.6 Å². The molecule has 1 rings (SSSR count). The van der Waals surface area contributed by atoms with E-state index in [4.69, 9.17) is 0 Å². The third-order valence-corrected chi connectivity index (χ3v) is 3.52. The lowest BCUT2D eigenvalue weighted by atomic mass is 10.1. The van der Waals surface area contributed by atoms with Gasteiger partial charge in [0.05, 0.1) is 0 Å². The molecule has 0 atom stereocenters. The third kappa shape index (κ3) is 6.49. The predicted molar refractivity (Wildman–Crippen MR) is 71.9 cm³/mol. The number of rotatable bonds is 10. The molecule has 2 heteroatoms. The maximum Gasteiger partial charge on any atom is 0.00682 e. The monoisotopic (exact) mass is 226 g/mol. The summed E-state index contributed by atoms with van der Waals surface area (Å²) in [6.45, 7) is 10.6. The SMILES string of the molecule is CCN(CCCCCCNC1CC1)C(C)C. The third-order valence-electron chi connectivity index (χ3n) is 3.52. The van der Waals surface area contributed by atoms with Crippen molar-refractivity contribution in [3.63, 3.8) is 0 Å². The van der Waals surface area contributed by atoms with Gasteiger partial charge in [-0.25, -0.2) is 0 Å². The van der Waals surface area contributed by atoms with E-state index in [0.717, 1.165) is 6.04 Å². The van der Waals surface area contributed by atoms with Gasteiger partial charge >= 0.3 is 0 Å². The van der Waals surface area contributed by atoms with Crippen molar-refractivity contribution in [2.24, 2.45) is 0 Å². The number of nitrogens with one attached hydrogen (secondary N) is 1. The van der Waals surface area contributed by atoms with Crippen LogP contribution in [-0.2, 0) is 0 Å². The van der Waals surface area contributed by atoms with E-state index < -0.39 is 0 Å². The van der Waals surface area contributed by atoms with Crippen molar-refractivity contribution in [3.8, 4) is 0 Å². The molecule has 1 N–H and O–H groups in total. The van der Waals surface area contributed by atoms with Crippen LogP contribution in [0.4, 0.5) is 0 Å². The second kappa shape index (κ2) is 8.08. The number of unbranched alkanes of at least 4 members (excludes halogenated alkanes) is 3. The molecule has 1 saturated carbocycles. The molecule has 0 amide bonds. The Morgan fingerprint density at radius 3 is 2.38 bits per heavy atom. The fourth-order valence-electron chi connectivity index (χ4n) is 2.17. The number of hydrogen-bond donors (Lipinski definition) is 1. The summed E-state index contributed by atoms with van der Waals surface area (Å²) in [5, 5.41) is 3.58. The summed E-state index contributed by atoms with van der Waals surface area (Å²) in [6.07, 6.45) is 8.37. The molecular weight excluding hydrogens is 196 g/mol. The first-order chi connectivity index (χ1) is 7.74. The van der Waals surface area contributed by atoms with Gasteiger partial charge in [-0.05, 0) is 59.2 Å². The average molecular weight is 226 g/mol. The highest BCUT2D eigenvalue weighted by Gasteiger charge is 2.19. The first-order valence-electron chi connectivity index (χ1n) is 7.21. The molecule has 16 heavy (non-hydrogen) atoms. The van der Waals surface area contributed by atoms with E-state index in [-0.39, 0.29) is 0 Å².